The van der Waals surface area contributed by atoms with E-state index in [0.717, 1.165) is 19.3 Å². The standard InChI is InChI=1S/C18H32O3/c1-13(2)8-7-11-18(12-19,17(21)15(5)6)16(20)10-9-14(3)4/h12-15H,7-11H2,1-6H3. The molecule has 0 radical (unpaired) electrons. The highest BCUT2D eigenvalue weighted by Gasteiger charge is 2.45. The minimum atomic E-state index is -1.40. The zero-order chi connectivity index (χ0) is 16.6. The molecule has 21 heavy (non-hydrogen) atoms. The van der Waals surface area contributed by atoms with Gasteiger partial charge in [-0.3, -0.25) is 9.59 Å². The Balaban J connectivity index is 5.16. The Hall–Kier alpha value is -0.990. The Morgan fingerprint density at radius 2 is 1.48 bits per heavy atom. The molecule has 0 aromatic rings. The molecule has 0 N–H and O–H groups in total. The molecule has 0 aliphatic carbocycles. The van der Waals surface area contributed by atoms with Gasteiger partial charge in [0.25, 0.3) is 0 Å². The fourth-order valence-corrected chi connectivity index (χ4v) is 2.53. The summed E-state index contributed by atoms with van der Waals surface area (Å²) in [6.45, 7) is 11.8. The summed E-state index contributed by atoms with van der Waals surface area (Å²) in [5.41, 5.74) is -1.40. The van der Waals surface area contributed by atoms with Gasteiger partial charge in [-0.15, -0.1) is 0 Å². The lowest BCUT2D eigenvalue weighted by Gasteiger charge is -2.27. The van der Waals surface area contributed by atoms with E-state index in [4.69, 9.17) is 0 Å². The molecule has 1 unspecified atom stereocenters. The van der Waals surface area contributed by atoms with E-state index >= 15 is 0 Å². The van der Waals surface area contributed by atoms with E-state index < -0.39 is 5.41 Å². The third-order valence-electron chi connectivity index (χ3n) is 3.96. The van der Waals surface area contributed by atoms with Gasteiger partial charge in [-0.25, -0.2) is 0 Å². The number of aldehydes is 1. The van der Waals surface area contributed by atoms with Gasteiger partial charge in [0.15, 0.2) is 11.6 Å². The van der Waals surface area contributed by atoms with Gasteiger partial charge < -0.3 is 4.79 Å². The van der Waals surface area contributed by atoms with E-state index in [-0.39, 0.29) is 17.5 Å². The second-order valence-corrected chi connectivity index (χ2v) is 7.25. The number of ketones is 2. The normalized spacial score (nSPS) is 14.5. The summed E-state index contributed by atoms with van der Waals surface area (Å²) in [5.74, 6) is 0.207. The minimum absolute atomic E-state index is 0.186. The molecular formula is C18H32O3. The molecule has 0 rings (SSSR count). The van der Waals surface area contributed by atoms with Crippen molar-refractivity contribution >= 4 is 17.9 Å². The molecule has 3 nitrogen and oxygen atoms in total. The second-order valence-electron chi connectivity index (χ2n) is 7.25. The first-order chi connectivity index (χ1) is 9.67. The molecule has 0 fully saturated rings. The maximum Gasteiger partial charge on any atom is 0.156 e. The lowest BCUT2D eigenvalue weighted by Crippen LogP contribution is -2.43. The van der Waals surface area contributed by atoms with E-state index in [1.165, 1.54) is 0 Å². The Labute approximate surface area is 129 Å². The van der Waals surface area contributed by atoms with E-state index in [0.29, 0.717) is 31.0 Å². The van der Waals surface area contributed by atoms with Crippen LogP contribution in [-0.2, 0) is 14.4 Å². The highest BCUT2D eigenvalue weighted by atomic mass is 16.2. The average molecular weight is 296 g/mol. The fraction of sp³-hybridized carbons (Fsp3) is 0.833. The molecule has 0 saturated carbocycles. The lowest BCUT2D eigenvalue weighted by atomic mass is 9.71. The molecule has 0 aliphatic rings. The van der Waals surface area contributed by atoms with Crippen molar-refractivity contribution in [2.75, 3.05) is 0 Å². The Morgan fingerprint density at radius 1 is 0.952 bits per heavy atom. The molecule has 0 bridgehead atoms. The summed E-state index contributed by atoms with van der Waals surface area (Å²) >= 11 is 0. The summed E-state index contributed by atoms with van der Waals surface area (Å²) < 4.78 is 0. The maximum atomic E-state index is 12.6. The van der Waals surface area contributed by atoms with Crippen molar-refractivity contribution in [1.82, 2.24) is 0 Å². The lowest BCUT2D eigenvalue weighted by molar-refractivity contribution is -0.147. The molecule has 0 aliphatic heterocycles. The van der Waals surface area contributed by atoms with Crippen LogP contribution >= 0.6 is 0 Å². The van der Waals surface area contributed by atoms with Crippen molar-refractivity contribution in [3.8, 4) is 0 Å². The molecular weight excluding hydrogens is 264 g/mol. The van der Waals surface area contributed by atoms with Crippen molar-refractivity contribution in [3.05, 3.63) is 0 Å². The van der Waals surface area contributed by atoms with E-state index in [2.05, 4.69) is 13.8 Å². The van der Waals surface area contributed by atoms with Crippen molar-refractivity contribution in [1.29, 1.82) is 0 Å². The van der Waals surface area contributed by atoms with E-state index in [9.17, 15) is 14.4 Å². The van der Waals surface area contributed by atoms with Gasteiger partial charge in [0.05, 0.1) is 0 Å². The van der Waals surface area contributed by atoms with E-state index in [1.807, 2.05) is 13.8 Å². The third kappa shape index (κ3) is 6.11. The first-order valence-corrected chi connectivity index (χ1v) is 8.21. The first kappa shape index (κ1) is 20.0. The van der Waals surface area contributed by atoms with Crippen molar-refractivity contribution in [3.63, 3.8) is 0 Å². The zero-order valence-electron chi connectivity index (χ0n) is 14.6. The van der Waals surface area contributed by atoms with Crippen LogP contribution < -0.4 is 0 Å². The van der Waals surface area contributed by atoms with Crippen LogP contribution in [0.3, 0.4) is 0 Å². The van der Waals surface area contributed by atoms with Gasteiger partial charge in [0.2, 0.25) is 0 Å². The first-order valence-electron chi connectivity index (χ1n) is 8.21. The summed E-state index contributed by atoms with van der Waals surface area (Å²) in [5, 5.41) is 0. The van der Waals surface area contributed by atoms with Crippen LogP contribution in [0.2, 0.25) is 0 Å². The van der Waals surface area contributed by atoms with Crippen molar-refractivity contribution in [2.45, 2.75) is 73.6 Å². The summed E-state index contributed by atoms with van der Waals surface area (Å²) in [7, 11) is 0. The van der Waals surface area contributed by atoms with Crippen LogP contribution in [0.25, 0.3) is 0 Å². The van der Waals surface area contributed by atoms with Gasteiger partial charge in [0.1, 0.15) is 11.7 Å². The second kappa shape index (κ2) is 9.11. The number of hydrogen-bond donors (Lipinski definition) is 0. The zero-order valence-corrected chi connectivity index (χ0v) is 14.6. The molecule has 122 valence electrons. The molecule has 0 aromatic heterocycles. The summed E-state index contributed by atoms with van der Waals surface area (Å²) in [6.07, 6.45) is 3.70. The molecule has 0 aromatic carbocycles. The fourth-order valence-electron chi connectivity index (χ4n) is 2.53. The summed E-state index contributed by atoms with van der Waals surface area (Å²) in [4.78, 5) is 36.8. The van der Waals surface area contributed by atoms with Crippen molar-refractivity contribution in [2.24, 2.45) is 23.2 Å². The van der Waals surface area contributed by atoms with Crippen LogP contribution in [0.4, 0.5) is 0 Å². The molecule has 0 saturated heterocycles. The molecule has 0 amide bonds. The van der Waals surface area contributed by atoms with Gasteiger partial charge in [-0.2, -0.15) is 0 Å². The molecule has 3 heteroatoms. The number of rotatable bonds is 11. The van der Waals surface area contributed by atoms with Crippen LogP contribution in [-0.4, -0.2) is 17.9 Å². The largest absolute Gasteiger partial charge is 0.302 e. The number of hydrogen-bond acceptors (Lipinski definition) is 3. The number of carbonyl (C=O) groups is 3. The van der Waals surface area contributed by atoms with E-state index in [1.54, 1.807) is 13.8 Å². The highest BCUT2D eigenvalue weighted by Crippen LogP contribution is 2.31. The Kier molecular flexibility index (Phi) is 8.68. The predicted octanol–water partition coefficient (Wildman–Crippen LogP) is 4.23. The SMILES string of the molecule is CC(C)CCCC(C=O)(C(=O)CCC(C)C)C(=O)C(C)C. The smallest absolute Gasteiger partial charge is 0.156 e. The third-order valence-corrected chi connectivity index (χ3v) is 3.96. The van der Waals surface area contributed by atoms with Crippen LogP contribution in [0, 0.1) is 23.2 Å². The van der Waals surface area contributed by atoms with Crippen molar-refractivity contribution < 1.29 is 14.4 Å². The Bertz CT molecular complexity index is 355. The topological polar surface area (TPSA) is 51.2 Å². The maximum absolute atomic E-state index is 12.6. The van der Waals surface area contributed by atoms with Crippen LogP contribution in [0.15, 0.2) is 0 Å². The number of Topliss-reactive ketones (excluding diaryl/α,β-unsaturated/α-hetero) is 2. The molecule has 1 atom stereocenters. The summed E-state index contributed by atoms with van der Waals surface area (Å²) in [6, 6.07) is 0. The van der Waals surface area contributed by atoms with Gasteiger partial charge in [0, 0.05) is 12.3 Å². The van der Waals surface area contributed by atoms with Gasteiger partial charge in [-0.05, 0) is 24.7 Å². The monoisotopic (exact) mass is 296 g/mol. The van der Waals surface area contributed by atoms with Gasteiger partial charge >= 0.3 is 0 Å². The Morgan fingerprint density at radius 3 is 1.86 bits per heavy atom. The molecule has 0 spiro atoms. The quantitative estimate of drug-likeness (QED) is 0.423. The van der Waals surface area contributed by atoms with Gasteiger partial charge in [-0.1, -0.05) is 54.4 Å². The highest BCUT2D eigenvalue weighted by molar-refractivity contribution is 6.19. The molecule has 0 heterocycles. The van der Waals surface area contributed by atoms with Crippen LogP contribution in [0.1, 0.15) is 73.6 Å². The predicted molar refractivity (Wildman–Crippen MR) is 86.1 cm³/mol. The minimum Gasteiger partial charge on any atom is -0.302 e. The van der Waals surface area contributed by atoms with Crippen LogP contribution in [0.5, 0.6) is 0 Å². The number of carbonyl (C=O) groups excluding carboxylic acids is 3. The average Bonchev–Trinajstić information content (AvgIpc) is 2.40.